The molecule has 9 nitrogen and oxygen atoms in total. The number of benzene rings is 2. The van der Waals surface area contributed by atoms with Crippen molar-refractivity contribution >= 4 is 22.1 Å². The molecule has 29 heavy (non-hydrogen) atoms. The van der Waals surface area contributed by atoms with Gasteiger partial charge in [0.2, 0.25) is 5.88 Å². The number of nitrogens with zero attached hydrogens (tertiary/aromatic N) is 2. The fourth-order valence-corrected chi connectivity index (χ4v) is 2.89. The molecular weight excluding hydrogens is 400 g/mol. The van der Waals surface area contributed by atoms with E-state index in [1.54, 1.807) is 37.3 Å². The highest BCUT2D eigenvalue weighted by atomic mass is 32.2. The first-order valence-corrected chi connectivity index (χ1v) is 9.86. The maximum atomic E-state index is 12.4. The minimum atomic E-state index is -4.37. The molecule has 1 N–H and O–H groups in total. The van der Waals surface area contributed by atoms with Crippen LogP contribution in [0.1, 0.15) is 27.8 Å². The molecule has 0 amide bonds. The summed E-state index contributed by atoms with van der Waals surface area (Å²) >= 11 is 0. The zero-order valence-corrected chi connectivity index (χ0v) is 16.0. The van der Waals surface area contributed by atoms with E-state index in [1.165, 1.54) is 18.2 Å². The van der Waals surface area contributed by atoms with Crippen molar-refractivity contribution in [3.05, 3.63) is 71.9 Å². The Morgan fingerprint density at radius 2 is 1.69 bits per heavy atom. The fourth-order valence-electron chi connectivity index (χ4n) is 2.41. The summed E-state index contributed by atoms with van der Waals surface area (Å²) in [6.07, 6.45) is 0. The van der Waals surface area contributed by atoms with Gasteiger partial charge in [-0.1, -0.05) is 18.2 Å². The number of rotatable bonds is 6. The van der Waals surface area contributed by atoms with Crippen molar-refractivity contribution in [1.82, 2.24) is 9.78 Å². The summed E-state index contributed by atoms with van der Waals surface area (Å²) in [6, 6.07) is 14.4. The van der Waals surface area contributed by atoms with E-state index in [1.807, 2.05) is 0 Å². The first kappa shape index (κ1) is 20.2. The van der Waals surface area contributed by atoms with Gasteiger partial charge in [-0.15, -0.1) is 0 Å². The van der Waals surface area contributed by atoms with Crippen molar-refractivity contribution < 1.29 is 32.0 Å². The average molecular weight is 416 g/mol. The van der Waals surface area contributed by atoms with Crippen molar-refractivity contribution in [3.63, 3.8) is 0 Å². The topological polar surface area (TPSA) is 125 Å². The van der Waals surface area contributed by atoms with Gasteiger partial charge >= 0.3 is 11.9 Å². The van der Waals surface area contributed by atoms with Crippen molar-refractivity contribution in [1.29, 1.82) is 0 Å². The summed E-state index contributed by atoms with van der Waals surface area (Å²) in [4.78, 5) is 24.1. The Morgan fingerprint density at radius 1 is 1.03 bits per heavy atom. The van der Waals surface area contributed by atoms with Gasteiger partial charge in [-0.2, -0.15) is 18.2 Å². The van der Waals surface area contributed by atoms with Crippen LogP contribution in [-0.2, 0) is 14.9 Å². The largest absolute Gasteiger partial charge is 0.461 e. The third-order valence-electron chi connectivity index (χ3n) is 3.75. The van der Waals surface area contributed by atoms with Crippen molar-refractivity contribution in [3.8, 4) is 11.6 Å². The summed E-state index contributed by atoms with van der Waals surface area (Å²) < 4.78 is 43.0. The third kappa shape index (κ3) is 4.68. The summed E-state index contributed by atoms with van der Waals surface area (Å²) in [5.41, 5.74) is 0.491. The minimum Gasteiger partial charge on any atom is -0.461 e. The average Bonchev–Trinajstić information content (AvgIpc) is 3.12. The van der Waals surface area contributed by atoms with E-state index in [4.69, 9.17) is 14.0 Å². The molecule has 0 aliphatic rings. The number of hydrogen-bond acceptors (Lipinski definition) is 7. The zero-order chi connectivity index (χ0) is 21.0. The third-order valence-corrected chi connectivity index (χ3v) is 4.62. The van der Waals surface area contributed by atoms with Crippen LogP contribution in [0.3, 0.4) is 0 Å². The van der Waals surface area contributed by atoms with Crippen LogP contribution in [-0.4, -0.2) is 41.3 Å². The Kier molecular flexibility index (Phi) is 5.76. The van der Waals surface area contributed by atoms with Crippen LogP contribution < -0.4 is 4.74 Å². The predicted octanol–water partition coefficient (Wildman–Crippen LogP) is 2.51. The van der Waals surface area contributed by atoms with Gasteiger partial charge < -0.3 is 9.47 Å². The van der Waals surface area contributed by atoms with E-state index in [0.717, 1.165) is 16.8 Å². The van der Waals surface area contributed by atoms with Crippen LogP contribution in [0.4, 0.5) is 0 Å². The second-order valence-corrected chi connectivity index (χ2v) is 7.15. The van der Waals surface area contributed by atoms with E-state index >= 15 is 0 Å². The van der Waals surface area contributed by atoms with E-state index in [2.05, 4.69) is 5.10 Å². The minimum absolute atomic E-state index is 0.0680. The van der Waals surface area contributed by atoms with Crippen molar-refractivity contribution in [2.75, 3.05) is 6.61 Å². The van der Waals surface area contributed by atoms with Gasteiger partial charge in [0.25, 0.3) is 10.1 Å². The molecule has 0 spiro atoms. The van der Waals surface area contributed by atoms with Gasteiger partial charge in [-0.25, -0.2) is 9.59 Å². The molecule has 0 aliphatic heterocycles. The number of carbonyl (C=O) groups excluding carboxylic acids is 2. The Morgan fingerprint density at radius 3 is 2.28 bits per heavy atom. The molecule has 1 heterocycles. The number of esters is 2. The fraction of sp³-hybridized carbons (Fsp3) is 0.105. The highest BCUT2D eigenvalue weighted by molar-refractivity contribution is 7.85. The van der Waals surface area contributed by atoms with Gasteiger partial charge in [0.1, 0.15) is 0 Å². The molecule has 0 unspecified atom stereocenters. The Balaban J connectivity index is 2.00. The number of hydrogen-bond donors (Lipinski definition) is 1. The molecule has 1 aromatic heterocycles. The van der Waals surface area contributed by atoms with E-state index in [9.17, 15) is 18.0 Å². The Bertz CT molecular complexity index is 1140. The number of aromatic nitrogens is 2. The first-order valence-electron chi connectivity index (χ1n) is 8.42. The molecule has 3 rings (SSSR count). The highest BCUT2D eigenvalue weighted by Gasteiger charge is 2.21. The first-order chi connectivity index (χ1) is 13.8. The van der Waals surface area contributed by atoms with Crippen molar-refractivity contribution in [2.24, 2.45) is 0 Å². The molecule has 0 saturated carbocycles. The summed E-state index contributed by atoms with van der Waals surface area (Å²) in [7, 11) is -4.37. The molecule has 0 aliphatic carbocycles. The summed E-state index contributed by atoms with van der Waals surface area (Å²) in [5, 5.41) is 4.09. The van der Waals surface area contributed by atoms with E-state index < -0.39 is 22.1 Å². The molecule has 150 valence electrons. The van der Waals surface area contributed by atoms with Crippen molar-refractivity contribution in [2.45, 2.75) is 11.8 Å². The SMILES string of the molecule is CCOC(=O)c1cc(OC(=O)c2ccccc2)n(-c2ccc(S(=O)(=O)O)cc2)n1. The number of carbonyl (C=O) groups is 2. The predicted molar refractivity (Wildman–Crippen MR) is 101 cm³/mol. The van der Waals surface area contributed by atoms with Crippen LogP contribution in [0.5, 0.6) is 5.88 Å². The van der Waals surface area contributed by atoms with Crippen LogP contribution in [0.2, 0.25) is 0 Å². The Labute approximate surface area is 166 Å². The molecule has 0 fully saturated rings. The zero-order valence-electron chi connectivity index (χ0n) is 15.2. The standard InChI is InChI=1S/C19H16N2O7S/c1-2-27-19(23)16-12-17(28-18(22)13-6-4-3-5-7-13)21(20-16)14-8-10-15(11-9-14)29(24,25)26/h3-12H,2H2,1H3,(H,24,25,26). The van der Waals surface area contributed by atoms with E-state index in [0.29, 0.717) is 11.3 Å². The maximum absolute atomic E-state index is 12.4. The van der Waals surface area contributed by atoms with E-state index in [-0.39, 0.29) is 23.1 Å². The second kappa shape index (κ2) is 8.25. The molecule has 0 radical (unpaired) electrons. The van der Waals surface area contributed by atoms with Crippen LogP contribution in [0, 0.1) is 0 Å². The smallest absolute Gasteiger partial charge is 0.358 e. The lowest BCUT2D eigenvalue weighted by Gasteiger charge is -2.08. The Hall–Kier alpha value is -3.50. The van der Waals surface area contributed by atoms with Gasteiger partial charge in [0.05, 0.1) is 22.8 Å². The molecule has 2 aromatic carbocycles. The lowest BCUT2D eigenvalue weighted by atomic mass is 10.2. The van der Waals surface area contributed by atoms with Crippen LogP contribution in [0.15, 0.2) is 65.6 Å². The lowest BCUT2D eigenvalue weighted by Crippen LogP contribution is -2.12. The lowest BCUT2D eigenvalue weighted by molar-refractivity contribution is 0.0518. The summed E-state index contributed by atoms with van der Waals surface area (Å²) in [6.45, 7) is 1.77. The molecule has 10 heteroatoms. The molecule has 0 saturated heterocycles. The monoisotopic (exact) mass is 416 g/mol. The second-order valence-electron chi connectivity index (χ2n) is 5.72. The summed E-state index contributed by atoms with van der Waals surface area (Å²) in [5.74, 6) is -1.45. The molecule has 0 atom stereocenters. The van der Waals surface area contributed by atoms with Gasteiger partial charge in [-0.05, 0) is 43.3 Å². The molecule has 0 bridgehead atoms. The molecule has 3 aromatic rings. The maximum Gasteiger partial charge on any atom is 0.358 e. The molecular formula is C19H16N2O7S. The van der Waals surface area contributed by atoms with Gasteiger partial charge in [-0.3, -0.25) is 4.55 Å². The number of ether oxygens (including phenoxy) is 2. The quantitative estimate of drug-likeness (QED) is 0.480. The van der Waals surface area contributed by atoms with Crippen LogP contribution in [0.25, 0.3) is 5.69 Å². The van der Waals surface area contributed by atoms with Crippen LogP contribution >= 0.6 is 0 Å². The van der Waals surface area contributed by atoms with Gasteiger partial charge in [0.15, 0.2) is 5.69 Å². The normalized spacial score (nSPS) is 11.1. The highest BCUT2D eigenvalue weighted by Crippen LogP contribution is 2.22. The van der Waals surface area contributed by atoms with Gasteiger partial charge in [0, 0.05) is 6.07 Å².